The molecule has 2 bridgehead atoms. The number of carboxylic acid groups (broad SMARTS) is 1. The largest absolute Gasteiger partial charge is 0.481 e. The van der Waals surface area contributed by atoms with Crippen molar-refractivity contribution < 1.29 is 14.7 Å². The van der Waals surface area contributed by atoms with E-state index in [0.717, 1.165) is 43.5 Å². The van der Waals surface area contributed by atoms with E-state index in [1.54, 1.807) is 16.7 Å². The number of nitrogens with zero attached hydrogens (tertiary/aromatic N) is 3. The van der Waals surface area contributed by atoms with Gasteiger partial charge in [-0.3, -0.25) is 23.6 Å². The first-order valence-corrected chi connectivity index (χ1v) is 10.2. The molecule has 162 valence electrons. The predicted octanol–water partition coefficient (Wildman–Crippen LogP) is 0.817. The molecule has 4 rings (SSSR count). The summed E-state index contributed by atoms with van der Waals surface area (Å²) in [5.74, 6) is -0.454. The Hall–Kier alpha value is -2.94. The molecule has 0 aliphatic carbocycles. The number of fused-ring (bicyclic) bond motifs is 4. The van der Waals surface area contributed by atoms with Crippen LogP contribution in [-0.2, 0) is 16.1 Å². The fraction of sp³-hybridized carbons (Fsp3) is 0.524. The lowest BCUT2D eigenvalue weighted by Crippen LogP contribution is -2.52. The van der Waals surface area contributed by atoms with Crippen LogP contribution in [0.3, 0.4) is 0 Å². The van der Waals surface area contributed by atoms with Crippen LogP contribution in [0.15, 0.2) is 29.1 Å². The van der Waals surface area contributed by atoms with Crippen molar-refractivity contribution in [3.8, 4) is 0 Å². The van der Waals surface area contributed by atoms with Crippen LogP contribution in [0, 0.1) is 19.8 Å². The van der Waals surface area contributed by atoms with Gasteiger partial charge in [0.15, 0.2) is 0 Å². The molecule has 0 radical (unpaired) electrons. The summed E-state index contributed by atoms with van der Waals surface area (Å²) < 4.78 is 3.62. The first-order valence-electron chi connectivity index (χ1n) is 10.2. The second kappa shape index (κ2) is 9.25. The molecule has 3 atom stereocenters. The molecule has 2 aliphatic rings. The van der Waals surface area contributed by atoms with Gasteiger partial charge < -0.3 is 15.7 Å². The molecule has 4 heterocycles. The van der Waals surface area contributed by atoms with Crippen molar-refractivity contribution in [2.75, 3.05) is 19.6 Å². The number of rotatable bonds is 4. The second-order valence-corrected chi connectivity index (χ2v) is 7.91. The predicted molar refractivity (Wildman–Crippen MR) is 111 cm³/mol. The zero-order chi connectivity index (χ0) is 21.8. The zero-order valence-corrected chi connectivity index (χ0v) is 17.6. The van der Waals surface area contributed by atoms with Gasteiger partial charge in [0.25, 0.3) is 11.5 Å². The zero-order valence-electron chi connectivity index (χ0n) is 17.6. The van der Waals surface area contributed by atoms with E-state index in [2.05, 4.69) is 15.7 Å². The van der Waals surface area contributed by atoms with Crippen LogP contribution in [0.5, 0.6) is 0 Å². The summed E-state index contributed by atoms with van der Waals surface area (Å²) in [6.07, 6.45) is 0.950. The Kier molecular flexibility index (Phi) is 6.71. The summed E-state index contributed by atoms with van der Waals surface area (Å²) in [4.78, 5) is 34.5. The number of hydrogen-bond acceptors (Lipinski definition) is 5. The van der Waals surface area contributed by atoms with Crippen LogP contribution in [0.1, 0.15) is 42.4 Å². The molecule has 2 aromatic rings. The van der Waals surface area contributed by atoms with Crippen molar-refractivity contribution in [3.63, 3.8) is 0 Å². The standard InChI is InChI=1S/C19H25N5O2.C2H4O2/c1-12-8-13(2)23(22-12)7-6-21-19(26)18-15-9-14(10-20-11-15)16-4-3-5-17(25)24(16)18;1-2(3)4/h3-5,8,14-15,18,20H,6-7,9-11H2,1-2H3,(H,21,26);1H3,(H,3,4)/t14-,15+,18-;/m1./s1. The van der Waals surface area contributed by atoms with E-state index < -0.39 is 12.0 Å². The quantitative estimate of drug-likeness (QED) is 0.680. The highest BCUT2D eigenvalue weighted by molar-refractivity contribution is 5.81. The van der Waals surface area contributed by atoms with Gasteiger partial charge in [0.1, 0.15) is 6.04 Å². The molecule has 2 aliphatic heterocycles. The lowest BCUT2D eigenvalue weighted by Gasteiger charge is -2.42. The average Bonchev–Trinajstić information content (AvgIpc) is 3.00. The van der Waals surface area contributed by atoms with Crippen molar-refractivity contribution in [2.24, 2.45) is 5.92 Å². The molecular formula is C21H29N5O4. The molecule has 0 spiro atoms. The number of piperidine rings is 1. The Morgan fingerprint density at radius 2 is 2.03 bits per heavy atom. The highest BCUT2D eigenvalue weighted by atomic mass is 16.4. The van der Waals surface area contributed by atoms with Gasteiger partial charge in [-0.2, -0.15) is 5.10 Å². The number of carbonyl (C=O) groups excluding carboxylic acids is 1. The van der Waals surface area contributed by atoms with Crippen LogP contribution in [0.25, 0.3) is 0 Å². The fourth-order valence-corrected chi connectivity index (χ4v) is 4.42. The Labute approximate surface area is 175 Å². The number of aryl methyl sites for hydroxylation is 2. The molecule has 9 nitrogen and oxygen atoms in total. The third-order valence-corrected chi connectivity index (χ3v) is 5.54. The lowest BCUT2D eigenvalue weighted by atomic mass is 9.79. The summed E-state index contributed by atoms with van der Waals surface area (Å²) in [7, 11) is 0. The fourth-order valence-electron chi connectivity index (χ4n) is 4.42. The van der Waals surface area contributed by atoms with Gasteiger partial charge >= 0.3 is 0 Å². The van der Waals surface area contributed by atoms with Crippen molar-refractivity contribution in [2.45, 2.75) is 45.7 Å². The number of aliphatic carboxylic acids is 1. The summed E-state index contributed by atoms with van der Waals surface area (Å²) in [6, 6.07) is 6.90. The van der Waals surface area contributed by atoms with Crippen LogP contribution in [0.2, 0.25) is 0 Å². The maximum atomic E-state index is 13.0. The van der Waals surface area contributed by atoms with E-state index in [1.807, 2.05) is 30.7 Å². The highest BCUT2D eigenvalue weighted by Gasteiger charge is 2.41. The van der Waals surface area contributed by atoms with Crippen LogP contribution < -0.4 is 16.2 Å². The maximum Gasteiger partial charge on any atom is 0.300 e. The van der Waals surface area contributed by atoms with Gasteiger partial charge in [-0.05, 0) is 32.4 Å². The number of hydrogen-bond donors (Lipinski definition) is 3. The van der Waals surface area contributed by atoms with Crippen molar-refractivity contribution in [3.05, 3.63) is 51.7 Å². The molecule has 1 amide bonds. The van der Waals surface area contributed by atoms with E-state index in [0.29, 0.717) is 19.0 Å². The molecule has 9 heteroatoms. The Bertz CT molecular complexity index is 976. The minimum Gasteiger partial charge on any atom is -0.481 e. The Balaban J connectivity index is 0.000000589. The van der Waals surface area contributed by atoms with Crippen LogP contribution in [-0.4, -0.2) is 51.0 Å². The Morgan fingerprint density at radius 3 is 2.70 bits per heavy atom. The number of nitrogens with one attached hydrogen (secondary N) is 2. The van der Waals surface area contributed by atoms with Gasteiger partial charge in [-0.15, -0.1) is 0 Å². The second-order valence-electron chi connectivity index (χ2n) is 7.91. The smallest absolute Gasteiger partial charge is 0.300 e. The molecule has 1 saturated heterocycles. The number of amides is 1. The van der Waals surface area contributed by atoms with Crippen molar-refractivity contribution in [1.29, 1.82) is 0 Å². The summed E-state index contributed by atoms with van der Waals surface area (Å²) >= 11 is 0. The Morgan fingerprint density at radius 1 is 1.30 bits per heavy atom. The monoisotopic (exact) mass is 415 g/mol. The van der Waals surface area contributed by atoms with E-state index in [4.69, 9.17) is 9.90 Å². The third-order valence-electron chi connectivity index (χ3n) is 5.54. The van der Waals surface area contributed by atoms with Gasteiger partial charge in [-0.1, -0.05) is 6.07 Å². The normalized spacial score (nSPS) is 21.8. The van der Waals surface area contributed by atoms with E-state index in [9.17, 15) is 9.59 Å². The maximum absolute atomic E-state index is 13.0. The summed E-state index contributed by atoms with van der Waals surface area (Å²) in [6.45, 7) is 7.81. The average molecular weight is 415 g/mol. The van der Waals surface area contributed by atoms with E-state index in [-0.39, 0.29) is 17.4 Å². The number of carboxylic acids is 1. The molecule has 0 unspecified atom stereocenters. The molecular weight excluding hydrogens is 386 g/mol. The topological polar surface area (TPSA) is 118 Å². The van der Waals surface area contributed by atoms with Crippen molar-refractivity contribution in [1.82, 2.24) is 25.0 Å². The lowest BCUT2D eigenvalue weighted by molar-refractivity contribution is -0.134. The van der Waals surface area contributed by atoms with Gasteiger partial charge in [0.05, 0.1) is 12.2 Å². The van der Waals surface area contributed by atoms with Gasteiger partial charge in [0, 0.05) is 55.8 Å². The van der Waals surface area contributed by atoms with Crippen LogP contribution in [0.4, 0.5) is 0 Å². The number of pyridine rings is 1. The van der Waals surface area contributed by atoms with Crippen molar-refractivity contribution >= 4 is 11.9 Å². The summed E-state index contributed by atoms with van der Waals surface area (Å²) in [5.41, 5.74) is 2.94. The van der Waals surface area contributed by atoms with E-state index in [1.165, 1.54) is 0 Å². The first-order chi connectivity index (χ1) is 14.3. The molecule has 0 aromatic carbocycles. The van der Waals surface area contributed by atoms with Gasteiger partial charge in [0.2, 0.25) is 5.91 Å². The highest BCUT2D eigenvalue weighted by Crippen LogP contribution is 2.38. The van der Waals surface area contributed by atoms with E-state index >= 15 is 0 Å². The molecule has 3 N–H and O–H groups in total. The third kappa shape index (κ3) is 4.79. The number of carbonyl (C=O) groups is 2. The SMILES string of the molecule is CC(=O)O.Cc1cc(C)n(CCNC(=O)[C@H]2[C@@H]3CNC[C@@H](C3)c3cccc(=O)n32)n1. The number of aromatic nitrogens is 3. The molecule has 1 fully saturated rings. The first kappa shape index (κ1) is 21.8. The molecule has 2 aromatic heterocycles. The van der Waals surface area contributed by atoms with Crippen LogP contribution >= 0.6 is 0 Å². The minimum absolute atomic E-state index is 0.0757. The van der Waals surface area contributed by atoms with Gasteiger partial charge in [-0.25, -0.2) is 0 Å². The minimum atomic E-state index is -0.833. The molecule has 30 heavy (non-hydrogen) atoms. The molecule has 0 saturated carbocycles. The summed E-state index contributed by atoms with van der Waals surface area (Å²) in [5, 5.41) is 18.3.